The summed E-state index contributed by atoms with van der Waals surface area (Å²) in [6, 6.07) is 1.31. The van der Waals surface area contributed by atoms with Crippen LogP contribution in [0.4, 0.5) is 11.5 Å². The largest absolute Gasteiger partial charge is 0.355 e. The van der Waals surface area contributed by atoms with E-state index >= 15 is 0 Å². The lowest BCUT2D eigenvalue weighted by atomic mass is 9.93. The maximum atomic E-state index is 11.3. The van der Waals surface area contributed by atoms with Crippen LogP contribution < -0.4 is 4.90 Å². The van der Waals surface area contributed by atoms with Crippen molar-refractivity contribution in [2.45, 2.75) is 19.8 Å². The minimum atomic E-state index is -0.523. The lowest BCUT2D eigenvalue weighted by molar-refractivity contribution is -0.385. The van der Waals surface area contributed by atoms with Gasteiger partial charge in [-0.2, -0.15) is 0 Å². The van der Waals surface area contributed by atoms with Gasteiger partial charge in [0.15, 0.2) is 0 Å². The zero-order valence-electron chi connectivity index (χ0n) is 10.5. The van der Waals surface area contributed by atoms with Gasteiger partial charge < -0.3 is 4.90 Å². The molecule has 2 heterocycles. The third kappa shape index (κ3) is 3.01. The summed E-state index contributed by atoms with van der Waals surface area (Å²) in [6.45, 7) is 2.99. The van der Waals surface area contributed by atoms with Crippen LogP contribution in [0.2, 0.25) is 5.02 Å². The SMILES string of the molecule is CC(=O)C1CCN(c2ncc([N+](=O)[O-])cc2Cl)CC1. The summed E-state index contributed by atoms with van der Waals surface area (Å²) in [4.78, 5) is 27.4. The molecule has 0 spiro atoms. The summed E-state index contributed by atoms with van der Waals surface area (Å²) in [5, 5.41) is 10.9. The van der Waals surface area contributed by atoms with Crippen molar-refractivity contribution in [3.8, 4) is 0 Å². The Morgan fingerprint density at radius 3 is 2.63 bits per heavy atom. The summed E-state index contributed by atoms with van der Waals surface area (Å²) < 4.78 is 0. The average molecular weight is 284 g/mol. The zero-order valence-corrected chi connectivity index (χ0v) is 11.3. The number of carbonyl (C=O) groups is 1. The molecule has 0 amide bonds. The second-order valence-electron chi connectivity index (χ2n) is 4.63. The first-order valence-electron chi connectivity index (χ1n) is 6.04. The molecular formula is C12H14ClN3O3. The molecular weight excluding hydrogens is 270 g/mol. The number of nitro groups is 1. The molecule has 0 unspecified atom stereocenters. The Labute approximate surface area is 115 Å². The van der Waals surface area contributed by atoms with Crippen LogP contribution in [0.25, 0.3) is 0 Å². The molecule has 19 heavy (non-hydrogen) atoms. The standard InChI is InChI=1S/C12H14ClN3O3/c1-8(17)9-2-4-15(5-3-9)12-11(13)6-10(7-14-12)16(18)19/h6-7,9H,2-5H2,1H3. The van der Waals surface area contributed by atoms with Crippen LogP contribution in [0.15, 0.2) is 12.3 Å². The van der Waals surface area contributed by atoms with E-state index in [0.29, 0.717) is 18.9 Å². The summed E-state index contributed by atoms with van der Waals surface area (Å²) in [5.41, 5.74) is -0.118. The highest BCUT2D eigenvalue weighted by atomic mass is 35.5. The lowest BCUT2D eigenvalue weighted by Crippen LogP contribution is -2.36. The number of nitrogens with zero attached hydrogens (tertiary/aromatic N) is 3. The molecule has 1 saturated heterocycles. The molecule has 0 saturated carbocycles. The number of aromatic nitrogens is 1. The normalized spacial score (nSPS) is 16.4. The van der Waals surface area contributed by atoms with Crippen LogP contribution in [0.1, 0.15) is 19.8 Å². The van der Waals surface area contributed by atoms with Gasteiger partial charge in [0.1, 0.15) is 17.8 Å². The minimum Gasteiger partial charge on any atom is -0.355 e. The monoisotopic (exact) mass is 283 g/mol. The molecule has 6 nitrogen and oxygen atoms in total. The Hall–Kier alpha value is -1.69. The van der Waals surface area contributed by atoms with Crippen LogP contribution in [0.3, 0.4) is 0 Å². The molecule has 0 aromatic carbocycles. The van der Waals surface area contributed by atoms with Crippen molar-refractivity contribution in [3.05, 3.63) is 27.4 Å². The molecule has 2 rings (SSSR count). The van der Waals surface area contributed by atoms with Crippen molar-refractivity contribution in [2.24, 2.45) is 5.92 Å². The van der Waals surface area contributed by atoms with Crippen LogP contribution >= 0.6 is 11.6 Å². The third-order valence-corrected chi connectivity index (χ3v) is 3.67. The third-order valence-electron chi connectivity index (χ3n) is 3.39. The molecule has 0 aliphatic carbocycles. The number of rotatable bonds is 3. The fourth-order valence-electron chi connectivity index (χ4n) is 2.25. The van der Waals surface area contributed by atoms with E-state index in [1.165, 1.54) is 12.3 Å². The highest BCUT2D eigenvalue weighted by molar-refractivity contribution is 6.33. The fourth-order valence-corrected chi connectivity index (χ4v) is 2.53. The van der Waals surface area contributed by atoms with E-state index in [2.05, 4.69) is 4.98 Å². The molecule has 0 radical (unpaired) electrons. The van der Waals surface area contributed by atoms with Gasteiger partial charge in [-0.1, -0.05) is 11.6 Å². The highest BCUT2D eigenvalue weighted by Gasteiger charge is 2.25. The number of piperidine rings is 1. The quantitative estimate of drug-likeness (QED) is 0.629. The maximum absolute atomic E-state index is 11.3. The summed E-state index contributed by atoms with van der Waals surface area (Å²) >= 11 is 6.03. The first-order chi connectivity index (χ1) is 8.99. The second-order valence-corrected chi connectivity index (χ2v) is 5.04. The van der Waals surface area contributed by atoms with E-state index in [4.69, 9.17) is 11.6 Å². The van der Waals surface area contributed by atoms with E-state index < -0.39 is 4.92 Å². The number of halogens is 1. The van der Waals surface area contributed by atoms with E-state index in [0.717, 1.165) is 12.8 Å². The Kier molecular flexibility index (Phi) is 3.99. The van der Waals surface area contributed by atoms with Crippen molar-refractivity contribution in [3.63, 3.8) is 0 Å². The van der Waals surface area contributed by atoms with E-state index in [9.17, 15) is 14.9 Å². The Balaban J connectivity index is 2.11. The van der Waals surface area contributed by atoms with Crippen LogP contribution in [0.5, 0.6) is 0 Å². The van der Waals surface area contributed by atoms with Crippen molar-refractivity contribution >= 4 is 28.9 Å². The van der Waals surface area contributed by atoms with Crippen LogP contribution in [-0.2, 0) is 4.79 Å². The van der Waals surface area contributed by atoms with Gasteiger partial charge in [0.25, 0.3) is 5.69 Å². The van der Waals surface area contributed by atoms with Gasteiger partial charge >= 0.3 is 0 Å². The van der Waals surface area contributed by atoms with Gasteiger partial charge in [-0.05, 0) is 19.8 Å². The van der Waals surface area contributed by atoms with Gasteiger partial charge in [0, 0.05) is 25.1 Å². The van der Waals surface area contributed by atoms with Gasteiger partial charge in [-0.3, -0.25) is 14.9 Å². The molecule has 1 aromatic rings. The van der Waals surface area contributed by atoms with Gasteiger partial charge in [0.2, 0.25) is 0 Å². The fraction of sp³-hybridized carbons (Fsp3) is 0.500. The smallest absolute Gasteiger partial charge is 0.289 e. The van der Waals surface area contributed by atoms with E-state index in [-0.39, 0.29) is 22.4 Å². The summed E-state index contributed by atoms with van der Waals surface area (Å²) in [7, 11) is 0. The molecule has 1 aliphatic rings. The molecule has 1 aromatic heterocycles. The molecule has 0 atom stereocenters. The number of ketones is 1. The minimum absolute atomic E-state index is 0.105. The maximum Gasteiger partial charge on any atom is 0.289 e. The molecule has 0 N–H and O–H groups in total. The molecule has 7 heteroatoms. The average Bonchev–Trinajstić information content (AvgIpc) is 2.38. The van der Waals surface area contributed by atoms with E-state index in [1.54, 1.807) is 6.92 Å². The first kappa shape index (κ1) is 13.7. The van der Waals surface area contributed by atoms with Crippen LogP contribution in [0, 0.1) is 16.0 Å². The topological polar surface area (TPSA) is 76.3 Å². The van der Waals surface area contributed by atoms with Crippen molar-refractivity contribution in [2.75, 3.05) is 18.0 Å². The van der Waals surface area contributed by atoms with Gasteiger partial charge in [-0.25, -0.2) is 4.98 Å². The number of hydrogen-bond donors (Lipinski definition) is 0. The molecule has 102 valence electrons. The Bertz CT molecular complexity index is 513. The molecule has 1 aliphatic heterocycles. The number of hydrogen-bond acceptors (Lipinski definition) is 5. The van der Waals surface area contributed by atoms with E-state index in [1.807, 2.05) is 4.90 Å². The molecule has 0 bridgehead atoms. The predicted octanol–water partition coefficient (Wildman–Crippen LogP) is 2.45. The number of Topliss-reactive ketones (excluding diaryl/α,β-unsaturated/α-hetero) is 1. The van der Waals surface area contributed by atoms with Gasteiger partial charge in [0.05, 0.1) is 9.95 Å². The van der Waals surface area contributed by atoms with Crippen LogP contribution in [-0.4, -0.2) is 28.8 Å². The van der Waals surface area contributed by atoms with Crippen molar-refractivity contribution in [1.29, 1.82) is 0 Å². The second kappa shape index (κ2) is 5.52. The number of pyridine rings is 1. The Morgan fingerprint density at radius 2 is 2.16 bits per heavy atom. The first-order valence-corrected chi connectivity index (χ1v) is 6.42. The Morgan fingerprint density at radius 1 is 1.53 bits per heavy atom. The van der Waals surface area contributed by atoms with Crippen molar-refractivity contribution < 1.29 is 9.72 Å². The predicted molar refractivity (Wildman–Crippen MR) is 71.5 cm³/mol. The highest BCUT2D eigenvalue weighted by Crippen LogP contribution is 2.30. The zero-order chi connectivity index (χ0) is 14.0. The number of anilines is 1. The van der Waals surface area contributed by atoms with Gasteiger partial charge in [-0.15, -0.1) is 0 Å². The number of carbonyl (C=O) groups excluding carboxylic acids is 1. The summed E-state index contributed by atoms with van der Waals surface area (Å²) in [5.74, 6) is 0.866. The lowest BCUT2D eigenvalue weighted by Gasteiger charge is -2.32. The van der Waals surface area contributed by atoms with Crippen molar-refractivity contribution in [1.82, 2.24) is 4.98 Å². The molecule has 1 fully saturated rings. The summed E-state index contributed by atoms with van der Waals surface area (Å²) in [6.07, 6.45) is 2.74.